The van der Waals surface area contributed by atoms with Gasteiger partial charge in [-0.25, -0.2) is 0 Å². The van der Waals surface area contributed by atoms with Gasteiger partial charge in [-0.15, -0.1) is 0 Å². The molecule has 1 heterocycles. The molecule has 31 heavy (non-hydrogen) atoms. The summed E-state index contributed by atoms with van der Waals surface area (Å²) in [5, 5.41) is 14.0. The van der Waals surface area contributed by atoms with Crippen LogP contribution in [0.2, 0.25) is 0 Å². The van der Waals surface area contributed by atoms with E-state index in [1.807, 2.05) is 18.2 Å². The fourth-order valence-corrected chi connectivity index (χ4v) is 4.46. The van der Waals surface area contributed by atoms with Crippen molar-refractivity contribution in [1.29, 1.82) is 0 Å². The Kier molecular flexibility index (Phi) is 6.28. The normalized spacial score (nSPS) is 22.1. The molecule has 0 radical (unpaired) electrons. The summed E-state index contributed by atoms with van der Waals surface area (Å²) in [6.07, 6.45) is 5.34. The summed E-state index contributed by atoms with van der Waals surface area (Å²) in [6.45, 7) is 4.17. The average molecular weight is 423 g/mol. The number of hydrogen-bond donors (Lipinski definition) is 1. The van der Waals surface area contributed by atoms with E-state index >= 15 is 0 Å². The molecule has 4 rings (SSSR count). The van der Waals surface area contributed by atoms with Gasteiger partial charge in [0.15, 0.2) is 17.8 Å². The molecule has 0 amide bonds. The zero-order valence-electron chi connectivity index (χ0n) is 18.4. The molecule has 1 atom stereocenters. The molecule has 0 bridgehead atoms. The Bertz CT molecular complexity index is 995. The maximum atomic E-state index is 10.2. The summed E-state index contributed by atoms with van der Waals surface area (Å²) < 4.78 is 17.0. The first kappa shape index (κ1) is 21.4. The fraction of sp³-hybridized carbons (Fsp3) is 0.440. The van der Waals surface area contributed by atoms with Crippen LogP contribution in [0.5, 0.6) is 11.5 Å². The minimum Gasteiger partial charge on any atom is -0.493 e. The number of benzene rings is 2. The van der Waals surface area contributed by atoms with E-state index in [2.05, 4.69) is 48.3 Å². The van der Waals surface area contributed by atoms with Crippen LogP contribution in [0.1, 0.15) is 57.1 Å². The van der Waals surface area contributed by atoms with E-state index in [0.29, 0.717) is 5.89 Å². The first-order valence-electron chi connectivity index (χ1n) is 11.0. The highest BCUT2D eigenvalue weighted by Gasteiger charge is 2.39. The van der Waals surface area contributed by atoms with E-state index in [9.17, 15) is 5.11 Å². The van der Waals surface area contributed by atoms with E-state index in [-0.39, 0.29) is 17.6 Å². The van der Waals surface area contributed by atoms with E-state index in [0.717, 1.165) is 49.2 Å². The third kappa shape index (κ3) is 4.30. The van der Waals surface area contributed by atoms with Crippen molar-refractivity contribution in [3.63, 3.8) is 0 Å². The molecule has 0 spiro atoms. The van der Waals surface area contributed by atoms with Crippen LogP contribution in [0, 0.1) is 0 Å². The van der Waals surface area contributed by atoms with Gasteiger partial charge in [0.1, 0.15) is 0 Å². The van der Waals surface area contributed by atoms with E-state index < -0.39 is 0 Å². The number of aliphatic hydroxyl groups is 1. The van der Waals surface area contributed by atoms with Crippen LogP contribution in [0.25, 0.3) is 11.5 Å². The Morgan fingerprint density at radius 2 is 1.90 bits per heavy atom. The Morgan fingerprint density at radius 1 is 1.13 bits per heavy atom. The van der Waals surface area contributed by atoms with Crippen LogP contribution in [0.15, 0.2) is 53.3 Å². The molecule has 2 aromatic carbocycles. The Hall–Kier alpha value is -2.86. The minimum atomic E-state index is -0.263. The SMILES string of the molecule is CCC(C)Oc1cc(C2(c3cccc(-c4ncno4)c3)CCC(O)CC2)ccc1OC. The third-order valence-electron chi connectivity index (χ3n) is 6.45. The fourth-order valence-electron chi connectivity index (χ4n) is 4.46. The van der Waals surface area contributed by atoms with Crippen molar-refractivity contribution < 1.29 is 19.1 Å². The first-order chi connectivity index (χ1) is 15.1. The van der Waals surface area contributed by atoms with Crippen molar-refractivity contribution in [3.8, 4) is 23.0 Å². The van der Waals surface area contributed by atoms with Crippen molar-refractivity contribution in [2.24, 2.45) is 0 Å². The molecule has 3 aromatic rings. The van der Waals surface area contributed by atoms with Crippen LogP contribution in [-0.2, 0) is 5.41 Å². The summed E-state index contributed by atoms with van der Waals surface area (Å²) >= 11 is 0. The monoisotopic (exact) mass is 422 g/mol. The van der Waals surface area contributed by atoms with Gasteiger partial charge in [0.05, 0.1) is 19.3 Å². The second-order valence-corrected chi connectivity index (χ2v) is 8.34. The first-order valence-corrected chi connectivity index (χ1v) is 11.0. The van der Waals surface area contributed by atoms with Crippen molar-refractivity contribution in [2.45, 2.75) is 63.6 Å². The molecule has 1 aliphatic carbocycles. The van der Waals surface area contributed by atoms with Crippen LogP contribution in [-0.4, -0.2) is 34.6 Å². The number of aromatic nitrogens is 2. The van der Waals surface area contributed by atoms with Gasteiger partial charge in [0.25, 0.3) is 5.89 Å². The highest BCUT2D eigenvalue weighted by molar-refractivity contribution is 5.57. The largest absolute Gasteiger partial charge is 0.493 e. The van der Waals surface area contributed by atoms with Crippen molar-refractivity contribution in [1.82, 2.24) is 10.1 Å². The molecule has 1 aliphatic rings. The van der Waals surface area contributed by atoms with Gasteiger partial charge in [0.2, 0.25) is 0 Å². The van der Waals surface area contributed by atoms with Crippen molar-refractivity contribution in [2.75, 3.05) is 7.11 Å². The summed E-state index contributed by atoms with van der Waals surface area (Å²) in [7, 11) is 1.67. The number of methoxy groups -OCH3 is 1. The molecule has 164 valence electrons. The van der Waals surface area contributed by atoms with Crippen LogP contribution in [0.4, 0.5) is 0 Å². The molecule has 6 nitrogen and oxygen atoms in total. The molecular formula is C25H30N2O4. The molecule has 1 saturated carbocycles. The maximum absolute atomic E-state index is 10.2. The van der Waals surface area contributed by atoms with E-state index in [1.54, 1.807) is 7.11 Å². The van der Waals surface area contributed by atoms with Crippen molar-refractivity contribution >= 4 is 0 Å². The zero-order valence-corrected chi connectivity index (χ0v) is 18.4. The smallest absolute Gasteiger partial charge is 0.257 e. The molecule has 1 unspecified atom stereocenters. The van der Waals surface area contributed by atoms with E-state index in [4.69, 9.17) is 14.0 Å². The Labute approximate surface area is 183 Å². The second-order valence-electron chi connectivity index (χ2n) is 8.34. The summed E-state index contributed by atoms with van der Waals surface area (Å²) in [6, 6.07) is 14.5. The number of aliphatic hydroxyl groups excluding tert-OH is 1. The molecule has 6 heteroatoms. The quantitative estimate of drug-likeness (QED) is 0.568. The highest BCUT2D eigenvalue weighted by Crippen LogP contribution is 2.47. The topological polar surface area (TPSA) is 77.6 Å². The zero-order chi connectivity index (χ0) is 21.8. The second kappa shape index (κ2) is 9.10. The Balaban J connectivity index is 1.81. The third-order valence-corrected chi connectivity index (χ3v) is 6.45. The number of nitrogens with zero attached hydrogens (tertiary/aromatic N) is 2. The van der Waals surface area contributed by atoms with Crippen LogP contribution >= 0.6 is 0 Å². The van der Waals surface area contributed by atoms with Gasteiger partial charge >= 0.3 is 0 Å². The van der Waals surface area contributed by atoms with Gasteiger partial charge in [-0.1, -0.05) is 30.3 Å². The van der Waals surface area contributed by atoms with Gasteiger partial charge in [-0.2, -0.15) is 4.98 Å². The molecule has 1 fully saturated rings. The van der Waals surface area contributed by atoms with Crippen LogP contribution in [0.3, 0.4) is 0 Å². The number of ether oxygens (including phenoxy) is 2. The summed E-state index contributed by atoms with van der Waals surface area (Å²) in [4.78, 5) is 4.20. The lowest BCUT2D eigenvalue weighted by atomic mass is 9.64. The molecule has 1 aromatic heterocycles. The predicted octanol–water partition coefficient (Wildman–Crippen LogP) is 5.14. The lowest BCUT2D eigenvalue weighted by Crippen LogP contribution is -2.35. The summed E-state index contributed by atoms with van der Waals surface area (Å²) in [5.74, 6) is 1.99. The van der Waals surface area contributed by atoms with Gasteiger partial charge in [-0.05, 0) is 74.4 Å². The lowest BCUT2D eigenvalue weighted by molar-refractivity contribution is 0.106. The molecule has 0 aliphatic heterocycles. The van der Waals surface area contributed by atoms with Crippen LogP contribution < -0.4 is 9.47 Å². The molecule has 1 N–H and O–H groups in total. The van der Waals surface area contributed by atoms with Crippen molar-refractivity contribution in [3.05, 3.63) is 59.9 Å². The number of hydrogen-bond acceptors (Lipinski definition) is 6. The van der Waals surface area contributed by atoms with Gasteiger partial charge < -0.3 is 19.1 Å². The standard InChI is InChI=1S/C25H30N2O4/c1-4-17(2)30-23-15-20(8-9-22(23)29-3)25(12-10-21(28)11-13-25)19-7-5-6-18(14-19)24-26-16-27-31-24/h5-9,14-17,21,28H,4,10-13H2,1-3H3. The summed E-state index contributed by atoms with van der Waals surface area (Å²) in [5.41, 5.74) is 3.00. The average Bonchev–Trinajstić information content (AvgIpc) is 3.35. The minimum absolute atomic E-state index is 0.0918. The van der Waals surface area contributed by atoms with E-state index in [1.165, 1.54) is 17.5 Å². The lowest BCUT2D eigenvalue weighted by Gasteiger charge is -2.40. The Morgan fingerprint density at radius 3 is 2.58 bits per heavy atom. The molecule has 0 saturated heterocycles. The molecular weight excluding hydrogens is 392 g/mol. The highest BCUT2D eigenvalue weighted by atomic mass is 16.5. The van der Waals surface area contributed by atoms with Gasteiger partial charge in [-0.3, -0.25) is 0 Å². The number of rotatable bonds is 7. The maximum Gasteiger partial charge on any atom is 0.257 e. The predicted molar refractivity (Wildman–Crippen MR) is 118 cm³/mol. The van der Waals surface area contributed by atoms with Gasteiger partial charge in [0, 0.05) is 11.0 Å².